The summed E-state index contributed by atoms with van der Waals surface area (Å²) < 4.78 is 5.25. The molecule has 0 aromatic rings. The Morgan fingerprint density at radius 2 is 2.36 bits per heavy atom. The van der Waals surface area contributed by atoms with Gasteiger partial charge in [0.15, 0.2) is 0 Å². The standard InChI is InChI=1S/C8H16N2O/c9-8(3-4-11-6-8)5-10-7-1-2-7/h7,10H,1-6,9H2. The highest BCUT2D eigenvalue weighted by Gasteiger charge is 2.32. The molecule has 2 aliphatic rings. The van der Waals surface area contributed by atoms with Crippen molar-refractivity contribution in [3.8, 4) is 0 Å². The van der Waals surface area contributed by atoms with Crippen LogP contribution >= 0.6 is 0 Å². The Labute approximate surface area is 67.3 Å². The molecule has 1 atom stereocenters. The normalized spacial score (nSPS) is 37.9. The van der Waals surface area contributed by atoms with Gasteiger partial charge in [0.1, 0.15) is 0 Å². The van der Waals surface area contributed by atoms with E-state index in [2.05, 4.69) is 5.32 Å². The molecule has 64 valence electrons. The first-order valence-electron chi connectivity index (χ1n) is 4.39. The Morgan fingerprint density at radius 3 is 2.91 bits per heavy atom. The predicted octanol–water partition coefficient (Wildman–Crippen LogP) is -0.144. The number of nitrogens with two attached hydrogens (primary N) is 1. The van der Waals surface area contributed by atoms with Crippen molar-refractivity contribution in [1.29, 1.82) is 0 Å². The van der Waals surface area contributed by atoms with Crippen molar-refractivity contribution in [2.75, 3.05) is 19.8 Å². The lowest BCUT2D eigenvalue weighted by Gasteiger charge is -2.21. The lowest BCUT2D eigenvalue weighted by Crippen LogP contribution is -2.49. The van der Waals surface area contributed by atoms with Gasteiger partial charge in [-0.25, -0.2) is 0 Å². The van der Waals surface area contributed by atoms with Crippen molar-refractivity contribution in [1.82, 2.24) is 5.32 Å². The van der Waals surface area contributed by atoms with Crippen LogP contribution in [-0.2, 0) is 4.74 Å². The van der Waals surface area contributed by atoms with Gasteiger partial charge in [-0.05, 0) is 19.3 Å². The molecular weight excluding hydrogens is 140 g/mol. The van der Waals surface area contributed by atoms with Gasteiger partial charge in [-0.2, -0.15) is 0 Å². The van der Waals surface area contributed by atoms with Gasteiger partial charge in [0, 0.05) is 19.2 Å². The first-order valence-corrected chi connectivity index (χ1v) is 4.39. The fourth-order valence-corrected chi connectivity index (χ4v) is 1.40. The highest BCUT2D eigenvalue weighted by molar-refractivity contribution is 4.93. The van der Waals surface area contributed by atoms with E-state index in [4.69, 9.17) is 10.5 Å². The van der Waals surface area contributed by atoms with E-state index in [9.17, 15) is 0 Å². The van der Waals surface area contributed by atoms with E-state index in [1.54, 1.807) is 0 Å². The average Bonchev–Trinajstić information content (AvgIpc) is 2.73. The molecule has 1 saturated heterocycles. The summed E-state index contributed by atoms with van der Waals surface area (Å²) in [6.45, 7) is 2.49. The molecule has 0 bridgehead atoms. The van der Waals surface area contributed by atoms with E-state index >= 15 is 0 Å². The largest absolute Gasteiger partial charge is 0.379 e. The fourth-order valence-electron chi connectivity index (χ4n) is 1.40. The molecule has 1 aliphatic carbocycles. The van der Waals surface area contributed by atoms with E-state index in [1.807, 2.05) is 0 Å². The quantitative estimate of drug-likeness (QED) is 0.597. The highest BCUT2D eigenvalue weighted by atomic mass is 16.5. The van der Waals surface area contributed by atoms with Crippen LogP contribution < -0.4 is 11.1 Å². The second-order valence-electron chi connectivity index (χ2n) is 3.82. The third kappa shape index (κ3) is 1.92. The predicted molar refractivity (Wildman–Crippen MR) is 43.4 cm³/mol. The summed E-state index contributed by atoms with van der Waals surface area (Å²) in [6, 6.07) is 0.760. The molecule has 0 aromatic carbocycles. The number of ether oxygens (including phenoxy) is 1. The van der Waals surface area contributed by atoms with Crippen molar-refractivity contribution in [3.05, 3.63) is 0 Å². The van der Waals surface area contributed by atoms with Crippen LogP contribution in [0.2, 0.25) is 0 Å². The van der Waals surface area contributed by atoms with Crippen LogP contribution in [0.25, 0.3) is 0 Å². The summed E-state index contributed by atoms with van der Waals surface area (Å²) >= 11 is 0. The lowest BCUT2D eigenvalue weighted by atomic mass is 10.0. The molecule has 1 aliphatic heterocycles. The SMILES string of the molecule is NC1(CNC2CC2)CCOC1. The summed E-state index contributed by atoms with van der Waals surface area (Å²) in [4.78, 5) is 0. The molecule has 0 radical (unpaired) electrons. The van der Waals surface area contributed by atoms with Crippen molar-refractivity contribution >= 4 is 0 Å². The lowest BCUT2D eigenvalue weighted by molar-refractivity contribution is 0.177. The van der Waals surface area contributed by atoms with Gasteiger partial charge in [-0.15, -0.1) is 0 Å². The van der Waals surface area contributed by atoms with Crippen molar-refractivity contribution in [3.63, 3.8) is 0 Å². The van der Waals surface area contributed by atoms with Gasteiger partial charge in [0.2, 0.25) is 0 Å². The van der Waals surface area contributed by atoms with Crippen LogP contribution in [-0.4, -0.2) is 31.3 Å². The minimum atomic E-state index is -0.0669. The van der Waals surface area contributed by atoms with Crippen LogP contribution in [0.15, 0.2) is 0 Å². The maximum absolute atomic E-state index is 6.05. The third-order valence-corrected chi connectivity index (χ3v) is 2.45. The van der Waals surface area contributed by atoms with Gasteiger partial charge >= 0.3 is 0 Å². The second-order valence-corrected chi connectivity index (χ2v) is 3.82. The van der Waals surface area contributed by atoms with Crippen LogP contribution in [0.4, 0.5) is 0 Å². The summed E-state index contributed by atoms with van der Waals surface area (Å²) in [5, 5.41) is 3.43. The van der Waals surface area contributed by atoms with Crippen LogP contribution in [0, 0.1) is 0 Å². The molecule has 3 heteroatoms. The number of rotatable bonds is 3. The van der Waals surface area contributed by atoms with E-state index in [-0.39, 0.29) is 5.54 Å². The smallest absolute Gasteiger partial charge is 0.0659 e. The molecule has 1 unspecified atom stereocenters. The average molecular weight is 156 g/mol. The first kappa shape index (κ1) is 7.53. The fraction of sp³-hybridized carbons (Fsp3) is 1.00. The van der Waals surface area contributed by atoms with Crippen molar-refractivity contribution < 1.29 is 4.74 Å². The minimum Gasteiger partial charge on any atom is -0.379 e. The van der Waals surface area contributed by atoms with E-state index < -0.39 is 0 Å². The van der Waals surface area contributed by atoms with Crippen molar-refractivity contribution in [2.24, 2.45) is 5.73 Å². The van der Waals surface area contributed by atoms with Crippen LogP contribution in [0.3, 0.4) is 0 Å². The van der Waals surface area contributed by atoms with Gasteiger partial charge < -0.3 is 15.8 Å². The molecule has 2 rings (SSSR count). The maximum atomic E-state index is 6.05. The molecule has 3 nitrogen and oxygen atoms in total. The molecule has 0 spiro atoms. The maximum Gasteiger partial charge on any atom is 0.0659 e. The third-order valence-electron chi connectivity index (χ3n) is 2.45. The van der Waals surface area contributed by atoms with Gasteiger partial charge in [-0.3, -0.25) is 0 Å². The first-order chi connectivity index (χ1) is 5.29. The zero-order chi connectivity index (χ0) is 7.73. The summed E-state index contributed by atoms with van der Waals surface area (Å²) in [5.41, 5.74) is 5.98. The molecule has 11 heavy (non-hydrogen) atoms. The number of nitrogens with one attached hydrogen (secondary N) is 1. The molecule has 1 heterocycles. The zero-order valence-electron chi connectivity index (χ0n) is 6.81. The Hall–Kier alpha value is -0.120. The summed E-state index contributed by atoms with van der Waals surface area (Å²) in [7, 11) is 0. The summed E-state index contributed by atoms with van der Waals surface area (Å²) in [6.07, 6.45) is 3.67. The molecule has 2 fully saturated rings. The summed E-state index contributed by atoms with van der Waals surface area (Å²) in [5.74, 6) is 0. The Balaban J connectivity index is 1.73. The molecule has 0 aromatic heterocycles. The van der Waals surface area contributed by atoms with Crippen molar-refractivity contribution in [2.45, 2.75) is 30.8 Å². The highest BCUT2D eigenvalue weighted by Crippen LogP contribution is 2.21. The number of hydrogen-bond acceptors (Lipinski definition) is 3. The van der Waals surface area contributed by atoms with Crippen LogP contribution in [0.1, 0.15) is 19.3 Å². The molecule has 1 saturated carbocycles. The van der Waals surface area contributed by atoms with Gasteiger partial charge in [0.25, 0.3) is 0 Å². The topological polar surface area (TPSA) is 47.3 Å². The van der Waals surface area contributed by atoms with Gasteiger partial charge in [0.05, 0.1) is 12.1 Å². The second kappa shape index (κ2) is 2.73. The zero-order valence-corrected chi connectivity index (χ0v) is 6.81. The molecular formula is C8H16N2O. The molecule has 3 N–H and O–H groups in total. The van der Waals surface area contributed by atoms with E-state index in [1.165, 1.54) is 12.8 Å². The monoisotopic (exact) mass is 156 g/mol. The Kier molecular flexibility index (Phi) is 1.87. The molecule has 0 amide bonds. The van der Waals surface area contributed by atoms with Crippen LogP contribution in [0.5, 0.6) is 0 Å². The van der Waals surface area contributed by atoms with Gasteiger partial charge in [-0.1, -0.05) is 0 Å². The minimum absolute atomic E-state index is 0.0669. The Morgan fingerprint density at radius 1 is 1.55 bits per heavy atom. The number of hydrogen-bond donors (Lipinski definition) is 2. The Bertz CT molecular complexity index is 139. The van der Waals surface area contributed by atoms with E-state index in [0.29, 0.717) is 0 Å². The van der Waals surface area contributed by atoms with E-state index in [0.717, 1.165) is 32.2 Å².